The van der Waals surface area contributed by atoms with E-state index in [4.69, 9.17) is 15.0 Å². The first kappa shape index (κ1) is 16.4. The standard InChI is InChI=1S/C14H22N4O4/c1-13(2,3)22-12(20)18-6-4-14(5-7-18)8-10(9-16-17-15)21-11(14)19/h10H,4-9H2,1-3H3. The summed E-state index contributed by atoms with van der Waals surface area (Å²) in [7, 11) is 0. The van der Waals surface area contributed by atoms with Crippen LogP contribution < -0.4 is 0 Å². The van der Waals surface area contributed by atoms with E-state index < -0.39 is 11.0 Å². The maximum atomic E-state index is 12.1. The van der Waals surface area contributed by atoms with Crippen LogP contribution in [0, 0.1) is 5.41 Å². The maximum Gasteiger partial charge on any atom is 0.410 e. The quantitative estimate of drug-likeness (QED) is 0.338. The number of amides is 1. The molecule has 0 N–H and O–H groups in total. The van der Waals surface area contributed by atoms with Gasteiger partial charge in [-0.1, -0.05) is 5.11 Å². The molecular formula is C14H22N4O4. The third-order valence-corrected chi connectivity index (χ3v) is 4.05. The zero-order valence-electron chi connectivity index (χ0n) is 13.2. The van der Waals surface area contributed by atoms with Gasteiger partial charge in [-0.3, -0.25) is 4.79 Å². The van der Waals surface area contributed by atoms with E-state index in [9.17, 15) is 9.59 Å². The molecule has 2 aliphatic heterocycles. The molecular weight excluding hydrogens is 288 g/mol. The van der Waals surface area contributed by atoms with Crippen molar-refractivity contribution in [1.82, 2.24) is 4.90 Å². The molecule has 2 aliphatic rings. The van der Waals surface area contributed by atoms with E-state index in [1.54, 1.807) is 4.90 Å². The first-order valence-corrected chi connectivity index (χ1v) is 7.46. The van der Waals surface area contributed by atoms with Crippen LogP contribution in [-0.4, -0.2) is 48.3 Å². The van der Waals surface area contributed by atoms with Crippen molar-refractivity contribution in [1.29, 1.82) is 0 Å². The molecule has 1 spiro atoms. The molecule has 2 fully saturated rings. The summed E-state index contributed by atoms with van der Waals surface area (Å²) in [5, 5.41) is 3.47. The van der Waals surface area contributed by atoms with Crippen LogP contribution >= 0.6 is 0 Å². The van der Waals surface area contributed by atoms with Crippen molar-refractivity contribution in [3.05, 3.63) is 10.4 Å². The summed E-state index contributed by atoms with van der Waals surface area (Å²) in [6, 6.07) is 0. The second-order valence-electron chi connectivity index (χ2n) is 6.89. The van der Waals surface area contributed by atoms with Gasteiger partial charge in [0.1, 0.15) is 11.7 Å². The average molecular weight is 310 g/mol. The van der Waals surface area contributed by atoms with Gasteiger partial charge in [-0.05, 0) is 39.1 Å². The number of nitrogens with zero attached hydrogens (tertiary/aromatic N) is 4. The van der Waals surface area contributed by atoms with E-state index in [-0.39, 0.29) is 24.7 Å². The highest BCUT2D eigenvalue weighted by Gasteiger charge is 2.50. The van der Waals surface area contributed by atoms with Crippen LogP contribution in [0.5, 0.6) is 0 Å². The van der Waals surface area contributed by atoms with Gasteiger partial charge in [0.05, 0.1) is 12.0 Å². The second-order valence-corrected chi connectivity index (χ2v) is 6.89. The molecule has 8 heteroatoms. The number of rotatable bonds is 2. The molecule has 1 unspecified atom stereocenters. The van der Waals surface area contributed by atoms with Gasteiger partial charge in [0.25, 0.3) is 0 Å². The van der Waals surface area contributed by atoms with Gasteiger partial charge in [0.2, 0.25) is 0 Å². The van der Waals surface area contributed by atoms with Crippen molar-refractivity contribution in [2.45, 2.75) is 51.7 Å². The number of carbonyl (C=O) groups is 2. The molecule has 122 valence electrons. The van der Waals surface area contributed by atoms with E-state index in [2.05, 4.69) is 10.0 Å². The molecule has 2 heterocycles. The predicted octanol–water partition coefficient (Wildman–Crippen LogP) is 2.63. The monoisotopic (exact) mass is 310 g/mol. The van der Waals surface area contributed by atoms with Gasteiger partial charge in [-0.25, -0.2) is 4.79 Å². The number of likely N-dealkylation sites (tertiary alicyclic amines) is 1. The zero-order chi connectivity index (χ0) is 16.4. The van der Waals surface area contributed by atoms with Crippen LogP contribution in [-0.2, 0) is 14.3 Å². The Kier molecular flexibility index (Phi) is 4.51. The van der Waals surface area contributed by atoms with E-state index in [1.807, 2.05) is 20.8 Å². The van der Waals surface area contributed by atoms with Crippen molar-refractivity contribution in [2.24, 2.45) is 10.5 Å². The van der Waals surface area contributed by atoms with Gasteiger partial charge < -0.3 is 14.4 Å². The lowest BCUT2D eigenvalue weighted by molar-refractivity contribution is -0.150. The molecule has 0 aromatic heterocycles. The normalized spacial score (nSPS) is 23.9. The lowest BCUT2D eigenvalue weighted by Crippen LogP contribution is -2.46. The number of ether oxygens (including phenoxy) is 2. The third kappa shape index (κ3) is 3.62. The van der Waals surface area contributed by atoms with Crippen LogP contribution in [0.25, 0.3) is 10.4 Å². The molecule has 0 aromatic rings. The van der Waals surface area contributed by atoms with Gasteiger partial charge in [0, 0.05) is 24.4 Å². The topological polar surface area (TPSA) is 105 Å². The molecule has 0 aromatic carbocycles. The van der Waals surface area contributed by atoms with Crippen molar-refractivity contribution in [2.75, 3.05) is 19.6 Å². The van der Waals surface area contributed by atoms with E-state index in [0.717, 1.165) is 0 Å². The summed E-state index contributed by atoms with van der Waals surface area (Å²) in [5.41, 5.74) is 7.27. The van der Waals surface area contributed by atoms with Gasteiger partial charge in [-0.15, -0.1) is 0 Å². The first-order chi connectivity index (χ1) is 10.3. The summed E-state index contributed by atoms with van der Waals surface area (Å²) in [6.07, 6.45) is 0.957. The Labute approximate surface area is 129 Å². The molecule has 0 bridgehead atoms. The Morgan fingerprint density at radius 1 is 1.50 bits per heavy atom. The Bertz CT molecular complexity index is 499. The van der Waals surface area contributed by atoms with Crippen LogP contribution in [0.2, 0.25) is 0 Å². The number of cyclic esters (lactones) is 1. The number of azide groups is 1. The lowest BCUT2D eigenvalue weighted by Gasteiger charge is -2.37. The van der Waals surface area contributed by atoms with Crippen molar-refractivity contribution < 1.29 is 19.1 Å². The highest BCUT2D eigenvalue weighted by Crippen LogP contribution is 2.43. The summed E-state index contributed by atoms with van der Waals surface area (Å²) >= 11 is 0. The minimum atomic E-state index is -0.547. The maximum absolute atomic E-state index is 12.1. The first-order valence-electron chi connectivity index (χ1n) is 7.46. The number of piperidine rings is 1. The van der Waals surface area contributed by atoms with Crippen LogP contribution in [0.4, 0.5) is 4.79 Å². The van der Waals surface area contributed by atoms with E-state index in [1.165, 1.54) is 0 Å². The van der Waals surface area contributed by atoms with Crippen LogP contribution in [0.3, 0.4) is 0 Å². The lowest BCUT2D eigenvalue weighted by atomic mass is 9.76. The van der Waals surface area contributed by atoms with Crippen molar-refractivity contribution in [3.8, 4) is 0 Å². The number of esters is 1. The highest BCUT2D eigenvalue weighted by molar-refractivity contribution is 5.79. The van der Waals surface area contributed by atoms with E-state index in [0.29, 0.717) is 32.4 Å². The summed E-state index contributed by atoms with van der Waals surface area (Å²) in [6.45, 7) is 6.58. The SMILES string of the molecule is CC(C)(C)OC(=O)N1CCC2(CC1)CC(CN=[N+]=[N-])OC2=O. The van der Waals surface area contributed by atoms with Crippen LogP contribution in [0.15, 0.2) is 5.11 Å². The molecule has 0 saturated carbocycles. The summed E-state index contributed by atoms with van der Waals surface area (Å²) in [5.74, 6) is -0.241. The Morgan fingerprint density at radius 2 is 2.14 bits per heavy atom. The average Bonchev–Trinajstić information content (AvgIpc) is 2.72. The molecule has 1 amide bonds. The van der Waals surface area contributed by atoms with Gasteiger partial charge in [0.15, 0.2) is 0 Å². The number of hydrogen-bond donors (Lipinski definition) is 0. The zero-order valence-corrected chi connectivity index (χ0v) is 13.2. The number of carbonyl (C=O) groups excluding carboxylic acids is 2. The fourth-order valence-corrected chi connectivity index (χ4v) is 2.92. The van der Waals surface area contributed by atoms with Gasteiger partial charge >= 0.3 is 12.1 Å². The molecule has 2 rings (SSSR count). The predicted molar refractivity (Wildman–Crippen MR) is 78.0 cm³/mol. The third-order valence-electron chi connectivity index (χ3n) is 4.05. The minimum Gasteiger partial charge on any atom is -0.462 e. The molecule has 2 saturated heterocycles. The fraction of sp³-hybridized carbons (Fsp3) is 0.857. The smallest absolute Gasteiger partial charge is 0.410 e. The van der Waals surface area contributed by atoms with Crippen molar-refractivity contribution >= 4 is 12.1 Å². The molecule has 0 aliphatic carbocycles. The summed E-state index contributed by atoms with van der Waals surface area (Å²) < 4.78 is 10.6. The molecule has 22 heavy (non-hydrogen) atoms. The minimum absolute atomic E-state index is 0.166. The Hall–Kier alpha value is -1.95. The fourth-order valence-electron chi connectivity index (χ4n) is 2.92. The Morgan fingerprint density at radius 3 is 2.68 bits per heavy atom. The Balaban J connectivity index is 1.92. The largest absolute Gasteiger partial charge is 0.462 e. The molecule has 8 nitrogen and oxygen atoms in total. The highest BCUT2D eigenvalue weighted by atomic mass is 16.6. The van der Waals surface area contributed by atoms with E-state index >= 15 is 0 Å². The molecule has 0 radical (unpaired) electrons. The molecule has 1 atom stereocenters. The number of hydrogen-bond acceptors (Lipinski definition) is 5. The van der Waals surface area contributed by atoms with Crippen molar-refractivity contribution in [3.63, 3.8) is 0 Å². The second kappa shape index (κ2) is 6.04. The van der Waals surface area contributed by atoms with Gasteiger partial charge in [-0.2, -0.15) is 0 Å². The van der Waals surface area contributed by atoms with Crippen LogP contribution in [0.1, 0.15) is 40.0 Å². The summed E-state index contributed by atoms with van der Waals surface area (Å²) in [4.78, 5) is 28.5.